The van der Waals surface area contributed by atoms with E-state index >= 15 is 0 Å². The minimum Gasteiger partial charge on any atom is -0.493 e. The number of nitrogens with zero attached hydrogens (tertiary/aromatic N) is 4. The Morgan fingerprint density at radius 1 is 0.932 bits per heavy atom. The number of hydrogen-bond donors (Lipinski definition) is 0. The van der Waals surface area contributed by atoms with Crippen LogP contribution in [0.1, 0.15) is 48.0 Å². The number of benzene rings is 2. The number of aryl methyl sites for hydroxylation is 1. The molecule has 2 saturated heterocycles. The molecule has 0 saturated carbocycles. The summed E-state index contributed by atoms with van der Waals surface area (Å²) in [7, 11) is 3.19. The number of fused-ring (bicyclic) bond motifs is 2. The van der Waals surface area contributed by atoms with Crippen molar-refractivity contribution in [3.63, 3.8) is 0 Å². The summed E-state index contributed by atoms with van der Waals surface area (Å²) in [6.07, 6.45) is 8.43. The molecule has 0 radical (unpaired) electrons. The van der Waals surface area contributed by atoms with Crippen LogP contribution in [0.3, 0.4) is 0 Å². The van der Waals surface area contributed by atoms with Gasteiger partial charge in [-0.2, -0.15) is 0 Å². The average molecular weight is 601 g/mol. The Kier molecular flexibility index (Phi) is 9.67. The van der Waals surface area contributed by atoms with Gasteiger partial charge >= 0.3 is 0 Å². The summed E-state index contributed by atoms with van der Waals surface area (Å²) in [5.41, 5.74) is 4.86. The highest BCUT2D eigenvalue weighted by molar-refractivity contribution is 6.03. The summed E-state index contributed by atoms with van der Waals surface area (Å²) < 4.78 is 23.2. The van der Waals surface area contributed by atoms with Crippen molar-refractivity contribution < 1.29 is 28.5 Å². The number of carbonyl (C=O) groups is 2. The van der Waals surface area contributed by atoms with E-state index in [-0.39, 0.29) is 18.0 Å². The van der Waals surface area contributed by atoms with Crippen LogP contribution in [0.25, 0.3) is 0 Å². The molecule has 0 aromatic heterocycles. The van der Waals surface area contributed by atoms with Gasteiger partial charge in [-0.25, -0.2) is 0 Å². The number of amides is 2. The highest BCUT2D eigenvalue weighted by Gasteiger charge is 2.34. The smallest absolute Gasteiger partial charge is 0.257 e. The Morgan fingerprint density at radius 3 is 2.32 bits per heavy atom. The molecule has 2 atom stereocenters. The Balaban J connectivity index is 1.12. The third-order valence-corrected chi connectivity index (χ3v) is 8.09. The van der Waals surface area contributed by atoms with Crippen molar-refractivity contribution in [2.75, 3.05) is 40.5 Å². The number of likely N-dealkylation sites (tertiary alicyclic amines) is 1. The highest BCUT2D eigenvalue weighted by atomic mass is 16.5. The number of rotatable bonds is 13. The standard InChI is InChI=1S/C34H40N4O6/c1-22-11-25(37(19-22)21-39)17-35-28-15-32(30(41-4)13-24(28)3)43-9-7-6-8-10-44-33-16-29-27(14-31(33)42-5)34(40)38-20-23(2)12-26(38)18-36-29/h13-18,21,25-26H,1-2,6-12,19-20H2,3-5H3/t25?,26-/m0/s1. The van der Waals surface area contributed by atoms with Gasteiger partial charge in [0.05, 0.1) is 56.5 Å². The second kappa shape index (κ2) is 13.8. The van der Waals surface area contributed by atoms with Gasteiger partial charge in [0, 0.05) is 37.7 Å². The van der Waals surface area contributed by atoms with Gasteiger partial charge in [-0.3, -0.25) is 19.6 Å². The van der Waals surface area contributed by atoms with Crippen LogP contribution in [0, 0.1) is 6.92 Å². The Labute approximate surface area is 258 Å². The van der Waals surface area contributed by atoms with Gasteiger partial charge in [-0.1, -0.05) is 24.3 Å². The lowest BCUT2D eigenvalue weighted by Crippen LogP contribution is -2.35. The predicted octanol–water partition coefficient (Wildman–Crippen LogP) is 5.62. The van der Waals surface area contributed by atoms with E-state index in [0.717, 1.165) is 54.5 Å². The summed E-state index contributed by atoms with van der Waals surface area (Å²) in [6, 6.07) is 7.14. The molecular weight excluding hydrogens is 560 g/mol. The van der Waals surface area contributed by atoms with Crippen LogP contribution in [0.2, 0.25) is 0 Å². The molecule has 0 aliphatic carbocycles. The summed E-state index contributed by atoms with van der Waals surface area (Å²) in [4.78, 5) is 37.3. The number of ether oxygens (including phenoxy) is 4. The van der Waals surface area contributed by atoms with Crippen LogP contribution in [-0.4, -0.2) is 87.2 Å². The zero-order chi connectivity index (χ0) is 31.2. The molecule has 2 aromatic carbocycles. The normalized spacial score (nSPS) is 19.3. The van der Waals surface area contributed by atoms with Gasteiger partial charge in [-0.05, 0) is 56.7 Å². The van der Waals surface area contributed by atoms with E-state index < -0.39 is 0 Å². The molecule has 2 amide bonds. The number of methoxy groups -OCH3 is 2. The third-order valence-electron chi connectivity index (χ3n) is 8.09. The van der Waals surface area contributed by atoms with Gasteiger partial charge < -0.3 is 28.7 Å². The Morgan fingerprint density at radius 2 is 1.61 bits per heavy atom. The monoisotopic (exact) mass is 600 g/mol. The third kappa shape index (κ3) is 6.79. The summed E-state index contributed by atoms with van der Waals surface area (Å²) in [5, 5.41) is 0. The van der Waals surface area contributed by atoms with E-state index in [4.69, 9.17) is 18.9 Å². The van der Waals surface area contributed by atoms with Crippen molar-refractivity contribution in [1.29, 1.82) is 0 Å². The van der Waals surface area contributed by atoms with Crippen molar-refractivity contribution in [2.45, 2.75) is 51.1 Å². The number of hydrogen-bond acceptors (Lipinski definition) is 8. The minimum atomic E-state index is -0.0901. The van der Waals surface area contributed by atoms with Gasteiger partial charge in [0.1, 0.15) is 0 Å². The van der Waals surface area contributed by atoms with Crippen LogP contribution >= 0.6 is 0 Å². The largest absolute Gasteiger partial charge is 0.493 e. The van der Waals surface area contributed by atoms with Crippen LogP contribution in [0.5, 0.6) is 23.0 Å². The lowest BCUT2D eigenvalue weighted by Gasteiger charge is -2.20. The minimum absolute atomic E-state index is 0.0636. The first-order valence-corrected chi connectivity index (χ1v) is 14.9. The van der Waals surface area contributed by atoms with Crippen molar-refractivity contribution in [2.24, 2.45) is 9.98 Å². The fraction of sp³-hybridized carbons (Fsp3) is 0.412. The second-order valence-corrected chi connectivity index (χ2v) is 11.4. The summed E-state index contributed by atoms with van der Waals surface area (Å²) >= 11 is 0. The van der Waals surface area contributed by atoms with Crippen LogP contribution in [0.15, 0.2) is 58.6 Å². The maximum Gasteiger partial charge on any atom is 0.257 e. The maximum absolute atomic E-state index is 13.2. The average Bonchev–Trinajstić information content (AvgIpc) is 3.55. The van der Waals surface area contributed by atoms with Gasteiger partial charge in [-0.15, -0.1) is 0 Å². The van der Waals surface area contributed by atoms with E-state index in [1.807, 2.05) is 25.3 Å². The first kappa shape index (κ1) is 30.8. The number of unbranched alkanes of at least 4 members (excludes halogenated alkanes) is 2. The molecule has 232 valence electrons. The molecule has 10 heteroatoms. The Hall–Kier alpha value is -4.60. The van der Waals surface area contributed by atoms with E-state index in [1.165, 1.54) is 0 Å². The fourth-order valence-electron chi connectivity index (χ4n) is 5.69. The molecule has 3 aliphatic rings. The first-order valence-electron chi connectivity index (χ1n) is 14.9. The molecule has 0 bridgehead atoms. The van der Waals surface area contributed by atoms with Gasteiger partial charge in [0.25, 0.3) is 5.91 Å². The molecule has 0 N–H and O–H groups in total. The molecule has 3 heterocycles. The summed E-state index contributed by atoms with van der Waals surface area (Å²) in [5.74, 6) is 2.28. The SMILES string of the molecule is C=C1CC(C=Nc2cc(OCCCCCOc3cc4c(cc3OC)C(=O)N3CC(=C)C[C@H]3C=N4)c(OC)cc2C)N(C=O)C1. The summed E-state index contributed by atoms with van der Waals surface area (Å²) in [6.45, 7) is 12.1. The van der Waals surface area contributed by atoms with Crippen LogP contribution < -0.4 is 18.9 Å². The molecular formula is C34H40N4O6. The van der Waals surface area contributed by atoms with Gasteiger partial charge in [0.2, 0.25) is 6.41 Å². The van der Waals surface area contributed by atoms with E-state index in [9.17, 15) is 9.59 Å². The number of aliphatic imine (C=N–C) groups is 2. The van der Waals surface area contributed by atoms with Crippen molar-refractivity contribution in [3.8, 4) is 23.0 Å². The van der Waals surface area contributed by atoms with Crippen molar-refractivity contribution in [1.82, 2.24) is 9.80 Å². The van der Waals surface area contributed by atoms with Crippen molar-refractivity contribution in [3.05, 3.63) is 59.7 Å². The zero-order valence-corrected chi connectivity index (χ0v) is 25.7. The van der Waals surface area contributed by atoms with E-state index in [0.29, 0.717) is 67.0 Å². The maximum atomic E-state index is 13.2. The van der Waals surface area contributed by atoms with Crippen molar-refractivity contribution >= 4 is 36.1 Å². The second-order valence-electron chi connectivity index (χ2n) is 11.4. The quantitative estimate of drug-likeness (QED) is 0.128. The lowest BCUT2D eigenvalue weighted by atomic mass is 10.1. The molecule has 2 fully saturated rings. The zero-order valence-electron chi connectivity index (χ0n) is 25.7. The highest BCUT2D eigenvalue weighted by Crippen LogP contribution is 2.39. The lowest BCUT2D eigenvalue weighted by molar-refractivity contribution is -0.117. The molecule has 2 aromatic rings. The Bertz CT molecular complexity index is 1500. The predicted molar refractivity (Wildman–Crippen MR) is 171 cm³/mol. The molecule has 0 spiro atoms. The molecule has 3 aliphatic heterocycles. The molecule has 5 rings (SSSR count). The van der Waals surface area contributed by atoms with E-state index in [1.54, 1.807) is 42.4 Å². The molecule has 1 unspecified atom stereocenters. The molecule has 44 heavy (non-hydrogen) atoms. The van der Waals surface area contributed by atoms with Crippen LogP contribution in [-0.2, 0) is 4.79 Å². The molecule has 10 nitrogen and oxygen atoms in total. The number of carbonyl (C=O) groups excluding carboxylic acids is 2. The first-order chi connectivity index (χ1) is 21.3. The van der Waals surface area contributed by atoms with Gasteiger partial charge in [0.15, 0.2) is 23.0 Å². The topological polar surface area (TPSA) is 102 Å². The van der Waals surface area contributed by atoms with E-state index in [2.05, 4.69) is 23.1 Å². The fourth-order valence-corrected chi connectivity index (χ4v) is 5.69. The van der Waals surface area contributed by atoms with Crippen LogP contribution in [0.4, 0.5) is 11.4 Å².